The molecule has 0 spiro atoms. The Balaban J connectivity index is 2.12. The summed E-state index contributed by atoms with van der Waals surface area (Å²) in [6, 6.07) is 10.7. The monoisotopic (exact) mass is 268 g/mol. The maximum atomic E-state index is 6.00. The minimum absolute atomic E-state index is 0.303. The number of hydrogen-bond acceptors (Lipinski definition) is 3. The number of pyridine rings is 1. The Kier molecular flexibility index (Phi) is 3.71. The maximum Gasteiger partial charge on any atom is 0.238 e. The van der Waals surface area contributed by atoms with Crippen LogP contribution in [0.15, 0.2) is 36.4 Å². The fourth-order valence-corrected chi connectivity index (χ4v) is 1.64. The third kappa shape index (κ3) is 3.02. The molecule has 1 aromatic carbocycles. The van der Waals surface area contributed by atoms with Gasteiger partial charge in [0.25, 0.3) is 0 Å². The predicted octanol–water partition coefficient (Wildman–Crippen LogP) is 3.55. The van der Waals surface area contributed by atoms with Crippen LogP contribution in [0.25, 0.3) is 0 Å². The zero-order valence-corrected chi connectivity index (χ0v) is 10.4. The number of nitrogens with zero attached hydrogens (tertiary/aromatic N) is 1. The van der Waals surface area contributed by atoms with Crippen LogP contribution < -0.4 is 10.5 Å². The Labute approximate surface area is 109 Å². The summed E-state index contributed by atoms with van der Waals surface area (Å²) in [4.78, 5) is 3.99. The van der Waals surface area contributed by atoms with Gasteiger partial charge in [0.05, 0.1) is 5.69 Å². The molecule has 0 amide bonds. The molecule has 2 aromatic rings. The first-order valence-electron chi connectivity index (χ1n) is 4.95. The van der Waals surface area contributed by atoms with Crippen molar-refractivity contribution >= 4 is 28.9 Å². The summed E-state index contributed by atoms with van der Waals surface area (Å²) in [5.74, 6) is 0.317. The summed E-state index contributed by atoms with van der Waals surface area (Å²) in [7, 11) is 0. The van der Waals surface area contributed by atoms with Gasteiger partial charge in [-0.2, -0.15) is 4.98 Å². The van der Waals surface area contributed by atoms with Gasteiger partial charge >= 0.3 is 0 Å². The first-order chi connectivity index (χ1) is 8.16. The number of nitrogen functional groups attached to an aromatic ring is 1. The van der Waals surface area contributed by atoms with Gasteiger partial charge in [-0.05, 0) is 18.2 Å². The van der Waals surface area contributed by atoms with E-state index in [9.17, 15) is 0 Å². The van der Waals surface area contributed by atoms with Crippen molar-refractivity contribution in [3.63, 3.8) is 0 Å². The second-order valence-corrected chi connectivity index (χ2v) is 4.20. The number of ether oxygens (including phenoxy) is 1. The first kappa shape index (κ1) is 12.0. The largest absolute Gasteiger partial charge is 0.471 e. The predicted molar refractivity (Wildman–Crippen MR) is 69.4 cm³/mol. The molecule has 0 unspecified atom stereocenters. The molecule has 0 fully saturated rings. The summed E-state index contributed by atoms with van der Waals surface area (Å²) in [6.07, 6.45) is 0. The van der Waals surface area contributed by atoms with Crippen molar-refractivity contribution in [3.8, 4) is 5.88 Å². The average molecular weight is 269 g/mol. The van der Waals surface area contributed by atoms with Crippen molar-refractivity contribution in [3.05, 3.63) is 52.1 Å². The first-order valence-corrected chi connectivity index (χ1v) is 5.70. The highest BCUT2D eigenvalue weighted by molar-refractivity contribution is 6.31. The van der Waals surface area contributed by atoms with Gasteiger partial charge in [-0.15, -0.1) is 0 Å². The minimum atomic E-state index is 0.303. The van der Waals surface area contributed by atoms with Crippen LogP contribution in [-0.2, 0) is 6.61 Å². The molecule has 0 saturated heterocycles. The van der Waals surface area contributed by atoms with E-state index in [-0.39, 0.29) is 0 Å². The summed E-state index contributed by atoms with van der Waals surface area (Å²) < 4.78 is 5.48. The van der Waals surface area contributed by atoms with Crippen LogP contribution in [0, 0.1) is 0 Å². The van der Waals surface area contributed by atoms with E-state index in [0.717, 1.165) is 5.56 Å². The zero-order valence-electron chi connectivity index (χ0n) is 8.86. The molecule has 17 heavy (non-hydrogen) atoms. The highest BCUT2D eigenvalue weighted by Crippen LogP contribution is 2.23. The lowest BCUT2D eigenvalue weighted by Crippen LogP contribution is -2.01. The van der Waals surface area contributed by atoms with Crippen molar-refractivity contribution in [1.29, 1.82) is 0 Å². The van der Waals surface area contributed by atoms with Crippen LogP contribution in [0.4, 0.5) is 5.69 Å². The molecule has 1 heterocycles. The molecule has 0 aliphatic carbocycles. The van der Waals surface area contributed by atoms with E-state index in [1.54, 1.807) is 18.2 Å². The normalized spacial score (nSPS) is 10.2. The highest BCUT2D eigenvalue weighted by Gasteiger charge is 2.05. The van der Waals surface area contributed by atoms with Crippen LogP contribution in [-0.4, -0.2) is 4.98 Å². The summed E-state index contributed by atoms with van der Waals surface area (Å²) in [5.41, 5.74) is 7.03. The Bertz CT molecular complexity index is 532. The molecule has 0 aliphatic heterocycles. The van der Waals surface area contributed by atoms with E-state index in [1.807, 2.05) is 18.2 Å². The number of aromatic nitrogens is 1. The van der Waals surface area contributed by atoms with Crippen molar-refractivity contribution in [2.45, 2.75) is 6.61 Å². The lowest BCUT2D eigenvalue weighted by Gasteiger charge is -2.08. The topological polar surface area (TPSA) is 48.1 Å². The van der Waals surface area contributed by atoms with E-state index in [4.69, 9.17) is 33.7 Å². The van der Waals surface area contributed by atoms with E-state index >= 15 is 0 Å². The number of benzene rings is 1. The Morgan fingerprint density at radius 1 is 1.12 bits per heavy atom. The Hall–Kier alpha value is -1.45. The van der Waals surface area contributed by atoms with Crippen molar-refractivity contribution < 1.29 is 4.74 Å². The minimum Gasteiger partial charge on any atom is -0.471 e. The van der Waals surface area contributed by atoms with Crippen molar-refractivity contribution in [1.82, 2.24) is 4.98 Å². The molecule has 3 nitrogen and oxygen atoms in total. The second kappa shape index (κ2) is 5.25. The summed E-state index contributed by atoms with van der Waals surface area (Å²) in [5, 5.41) is 0.987. The molecule has 0 aliphatic rings. The molecular formula is C12H10Cl2N2O. The van der Waals surface area contributed by atoms with Gasteiger partial charge in [-0.1, -0.05) is 41.4 Å². The van der Waals surface area contributed by atoms with Crippen LogP contribution >= 0.6 is 23.2 Å². The summed E-state index contributed by atoms with van der Waals surface area (Å²) in [6.45, 7) is 0.303. The zero-order chi connectivity index (χ0) is 12.3. The van der Waals surface area contributed by atoms with Gasteiger partial charge < -0.3 is 10.5 Å². The number of halogens is 2. The lowest BCUT2D eigenvalue weighted by molar-refractivity contribution is 0.296. The molecule has 5 heteroatoms. The molecule has 1 aromatic heterocycles. The van der Waals surface area contributed by atoms with Gasteiger partial charge in [0.1, 0.15) is 11.8 Å². The second-order valence-electron chi connectivity index (χ2n) is 3.41. The van der Waals surface area contributed by atoms with Gasteiger partial charge in [0.15, 0.2) is 0 Å². The van der Waals surface area contributed by atoms with Crippen LogP contribution in [0.2, 0.25) is 10.2 Å². The molecular weight excluding hydrogens is 259 g/mol. The number of anilines is 1. The van der Waals surface area contributed by atoms with Crippen LogP contribution in [0.5, 0.6) is 5.88 Å². The van der Waals surface area contributed by atoms with E-state index in [0.29, 0.717) is 28.3 Å². The SMILES string of the molecule is Nc1ccc(Cl)nc1OCc1ccccc1Cl. The molecule has 2 N–H and O–H groups in total. The molecule has 2 rings (SSSR count). The molecule has 0 radical (unpaired) electrons. The fourth-order valence-electron chi connectivity index (χ4n) is 1.31. The number of rotatable bonds is 3. The molecule has 0 atom stereocenters. The van der Waals surface area contributed by atoms with Gasteiger partial charge in [0, 0.05) is 10.6 Å². The molecule has 0 saturated carbocycles. The smallest absolute Gasteiger partial charge is 0.238 e. The third-order valence-corrected chi connectivity index (χ3v) is 2.76. The van der Waals surface area contributed by atoms with Crippen molar-refractivity contribution in [2.75, 3.05) is 5.73 Å². The molecule has 0 bridgehead atoms. The Morgan fingerprint density at radius 3 is 2.65 bits per heavy atom. The maximum absolute atomic E-state index is 6.00. The highest BCUT2D eigenvalue weighted by atomic mass is 35.5. The lowest BCUT2D eigenvalue weighted by atomic mass is 10.2. The fraction of sp³-hybridized carbons (Fsp3) is 0.0833. The van der Waals surface area contributed by atoms with Gasteiger partial charge in [0.2, 0.25) is 5.88 Å². The van der Waals surface area contributed by atoms with E-state index in [1.165, 1.54) is 0 Å². The van der Waals surface area contributed by atoms with E-state index in [2.05, 4.69) is 4.98 Å². The van der Waals surface area contributed by atoms with Gasteiger partial charge in [-0.3, -0.25) is 0 Å². The van der Waals surface area contributed by atoms with Crippen LogP contribution in [0.3, 0.4) is 0 Å². The van der Waals surface area contributed by atoms with Gasteiger partial charge in [-0.25, -0.2) is 0 Å². The average Bonchev–Trinajstić information content (AvgIpc) is 2.32. The Morgan fingerprint density at radius 2 is 1.88 bits per heavy atom. The van der Waals surface area contributed by atoms with E-state index < -0.39 is 0 Å². The molecule has 88 valence electrons. The third-order valence-electron chi connectivity index (χ3n) is 2.18. The number of hydrogen-bond donors (Lipinski definition) is 1. The standard InChI is InChI=1S/C12H10Cl2N2O/c13-9-4-2-1-3-8(9)7-17-12-10(15)5-6-11(14)16-12/h1-6H,7,15H2. The van der Waals surface area contributed by atoms with Crippen LogP contribution in [0.1, 0.15) is 5.56 Å². The quantitative estimate of drug-likeness (QED) is 0.867. The van der Waals surface area contributed by atoms with Crippen molar-refractivity contribution in [2.24, 2.45) is 0 Å². The number of nitrogens with two attached hydrogens (primary N) is 1. The summed E-state index contributed by atoms with van der Waals surface area (Å²) >= 11 is 11.8.